The molecule has 0 bridgehead atoms. The molecule has 1 nitrogen and oxygen atoms in total. The number of hydrogen-bond acceptors (Lipinski definition) is 1. The van der Waals surface area contributed by atoms with Crippen molar-refractivity contribution >= 4 is 15.9 Å². The Morgan fingerprint density at radius 3 is 2.50 bits per heavy atom. The Morgan fingerprint density at radius 2 is 1.90 bits per heavy atom. The molecular formula is C18H28BrN. The van der Waals surface area contributed by atoms with Crippen LogP contribution in [-0.4, -0.2) is 6.54 Å². The summed E-state index contributed by atoms with van der Waals surface area (Å²) in [5, 5.41) is 3.83. The first-order valence-electron chi connectivity index (χ1n) is 8.21. The topological polar surface area (TPSA) is 12.0 Å². The lowest BCUT2D eigenvalue weighted by atomic mass is 9.85. The molecule has 0 saturated heterocycles. The summed E-state index contributed by atoms with van der Waals surface area (Å²) >= 11 is 3.59. The maximum atomic E-state index is 3.83. The molecule has 0 spiro atoms. The van der Waals surface area contributed by atoms with Gasteiger partial charge in [0.05, 0.1) is 0 Å². The Hall–Kier alpha value is -0.340. The van der Waals surface area contributed by atoms with Gasteiger partial charge in [-0.1, -0.05) is 54.6 Å². The predicted molar refractivity (Wildman–Crippen MR) is 91.1 cm³/mol. The van der Waals surface area contributed by atoms with Gasteiger partial charge in [-0.05, 0) is 61.9 Å². The second kappa shape index (κ2) is 8.19. The van der Waals surface area contributed by atoms with Gasteiger partial charge in [0, 0.05) is 10.5 Å². The van der Waals surface area contributed by atoms with Crippen LogP contribution in [0.2, 0.25) is 0 Å². The zero-order chi connectivity index (χ0) is 14.4. The van der Waals surface area contributed by atoms with Crippen molar-refractivity contribution in [3.63, 3.8) is 0 Å². The Bertz CT molecular complexity index is 408. The average Bonchev–Trinajstić information content (AvgIpc) is 2.70. The molecule has 1 fully saturated rings. The molecule has 1 atom stereocenters. The summed E-state index contributed by atoms with van der Waals surface area (Å²) < 4.78 is 1.19. The van der Waals surface area contributed by atoms with Crippen LogP contribution in [0.3, 0.4) is 0 Å². The molecule has 1 aliphatic rings. The van der Waals surface area contributed by atoms with Crippen molar-refractivity contribution in [2.75, 3.05) is 6.54 Å². The van der Waals surface area contributed by atoms with E-state index in [1.807, 2.05) is 0 Å². The van der Waals surface area contributed by atoms with Crippen LogP contribution in [0.25, 0.3) is 0 Å². The molecule has 0 aromatic heterocycles. The lowest BCUT2D eigenvalue weighted by Crippen LogP contribution is -2.29. The van der Waals surface area contributed by atoms with Crippen molar-refractivity contribution in [3.8, 4) is 0 Å². The summed E-state index contributed by atoms with van der Waals surface area (Å²) in [5.74, 6) is 0.809. The van der Waals surface area contributed by atoms with Crippen LogP contribution in [0.15, 0.2) is 22.7 Å². The summed E-state index contributed by atoms with van der Waals surface area (Å²) in [6.45, 7) is 5.62. The van der Waals surface area contributed by atoms with E-state index in [1.165, 1.54) is 60.5 Å². The zero-order valence-electron chi connectivity index (χ0n) is 12.9. The highest BCUT2D eigenvalue weighted by atomic mass is 79.9. The third kappa shape index (κ3) is 4.33. The first kappa shape index (κ1) is 16.0. The minimum Gasteiger partial charge on any atom is -0.310 e. The van der Waals surface area contributed by atoms with Crippen LogP contribution in [-0.2, 0) is 0 Å². The van der Waals surface area contributed by atoms with E-state index in [4.69, 9.17) is 0 Å². The van der Waals surface area contributed by atoms with Crippen molar-refractivity contribution in [2.45, 2.75) is 64.8 Å². The minimum atomic E-state index is 0.543. The van der Waals surface area contributed by atoms with Gasteiger partial charge in [-0.25, -0.2) is 0 Å². The Balaban J connectivity index is 2.20. The smallest absolute Gasteiger partial charge is 0.0351 e. The van der Waals surface area contributed by atoms with E-state index >= 15 is 0 Å². The number of rotatable bonds is 5. The molecule has 20 heavy (non-hydrogen) atoms. The van der Waals surface area contributed by atoms with Gasteiger partial charge in [0.15, 0.2) is 0 Å². The number of aryl methyl sites for hydroxylation is 1. The van der Waals surface area contributed by atoms with E-state index in [2.05, 4.69) is 53.3 Å². The predicted octanol–water partition coefficient (Wildman–Crippen LogP) is 5.77. The molecule has 2 heteroatoms. The summed E-state index contributed by atoms with van der Waals surface area (Å²) in [6, 6.07) is 7.31. The van der Waals surface area contributed by atoms with Crippen molar-refractivity contribution < 1.29 is 0 Å². The lowest BCUT2D eigenvalue weighted by Gasteiger charge is -2.29. The lowest BCUT2D eigenvalue weighted by molar-refractivity contribution is 0.325. The summed E-state index contributed by atoms with van der Waals surface area (Å²) in [4.78, 5) is 0. The highest BCUT2D eigenvalue weighted by molar-refractivity contribution is 9.10. The largest absolute Gasteiger partial charge is 0.310 e. The maximum Gasteiger partial charge on any atom is 0.0351 e. The third-order valence-corrected chi connectivity index (χ3v) is 5.05. The van der Waals surface area contributed by atoms with Gasteiger partial charge >= 0.3 is 0 Å². The normalized spacial score (nSPS) is 18.8. The molecule has 0 amide bonds. The summed E-state index contributed by atoms with van der Waals surface area (Å²) in [6.07, 6.45) is 9.65. The standard InChI is InChI=1S/C18H28BrN/c1-3-12-20-18(15-8-6-4-5-7-9-15)17-11-10-16(19)13-14(17)2/h10-11,13,15,18,20H,3-9,12H2,1-2H3. The minimum absolute atomic E-state index is 0.543. The fraction of sp³-hybridized carbons (Fsp3) is 0.667. The summed E-state index contributed by atoms with van der Waals surface area (Å²) in [5.41, 5.74) is 2.92. The van der Waals surface area contributed by atoms with Crippen LogP contribution in [0.4, 0.5) is 0 Å². The molecule has 0 radical (unpaired) electrons. The summed E-state index contributed by atoms with van der Waals surface area (Å²) in [7, 11) is 0. The first-order valence-corrected chi connectivity index (χ1v) is 9.01. The Kier molecular flexibility index (Phi) is 6.57. The quantitative estimate of drug-likeness (QED) is 0.672. The van der Waals surface area contributed by atoms with E-state index in [0.29, 0.717) is 6.04 Å². The van der Waals surface area contributed by atoms with Crippen LogP contribution in [0.1, 0.15) is 69.0 Å². The van der Waals surface area contributed by atoms with Gasteiger partial charge in [-0.2, -0.15) is 0 Å². The second-order valence-corrected chi connectivity index (χ2v) is 7.10. The van der Waals surface area contributed by atoms with E-state index in [-0.39, 0.29) is 0 Å². The molecule has 0 aliphatic heterocycles. The number of benzene rings is 1. The van der Waals surface area contributed by atoms with Crippen molar-refractivity contribution in [1.29, 1.82) is 0 Å². The molecule has 1 N–H and O–H groups in total. The Morgan fingerprint density at radius 1 is 1.20 bits per heavy atom. The highest BCUT2D eigenvalue weighted by Gasteiger charge is 2.24. The van der Waals surface area contributed by atoms with E-state index in [9.17, 15) is 0 Å². The van der Waals surface area contributed by atoms with Gasteiger partial charge in [-0.3, -0.25) is 0 Å². The van der Waals surface area contributed by atoms with Crippen molar-refractivity contribution in [2.24, 2.45) is 5.92 Å². The fourth-order valence-electron chi connectivity index (χ4n) is 3.46. The number of nitrogens with one attached hydrogen (secondary N) is 1. The molecular weight excluding hydrogens is 310 g/mol. The SMILES string of the molecule is CCCNC(c1ccc(Br)cc1C)C1CCCCCC1. The maximum absolute atomic E-state index is 3.83. The van der Waals surface area contributed by atoms with Crippen LogP contribution in [0, 0.1) is 12.8 Å². The molecule has 112 valence electrons. The zero-order valence-corrected chi connectivity index (χ0v) is 14.5. The van der Waals surface area contributed by atoms with Gasteiger partial charge < -0.3 is 5.32 Å². The molecule has 1 unspecified atom stereocenters. The van der Waals surface area contributed by atoms with Gasteiger partial charge in [0.1, 0.15) is 0 Å². The molecule has 2 rings (SSSR count). The van der Waals surface area contributed by atoms with Gasteiger partial charge in [0.2, 0.25) is 0 Å². The van der Waals surface area contributed by atoms with Crippen LogP contribution in [0.5, 0.6) is 0 Å². The van der Waals surface area contributed by atoms with E-state index in [1.54, 1.807) is 0 Å². The fourth-order valence-corrected chi connectivity index (χ4v) is 3.94. The van der Waals surface area contributed by atoms with Crippen molar-refractivity contribution in [3.05, 3.63) is 33.8 Å². The van der Waals surface area contributed by atoms with Crippen molar-refractivity contribution in [1.82, 2.24) is 5.32 Å². The Labute approximate surface area is 132 Å². The number of halogens is 1. The van der Waals surface area contributed by atoms with E-state index < -0.39 is 0 Å². The molecule has 1 aliphatic carbocycles. The molecule has 1 aromatic rings. The monoisotopic (exact) mass is 337 g/mol. The van der Waals surface area contributed by atoms with Gasteiger partial charge in [0.25, 0.3) is 0 Å². The molecule has 0 heterocycles. The molecule has 1 aromatic carbocycles. The first-order chi connectivity index (χ1) is 9.72. The molecule has 1 saturated carbocycles. The third-order valence-electron chi connectivity index (χ3n) is 4.55. The van der Waals surface area contributed by atoms with E-state index in [0.717, 1.165) is 12.5 Å². The van der Waals surface area contributed by atoms with Crippen LogP contribution < -0.4 is 5.32 Å². The van der Waals surface area contributed by atoms with Crippen LogP contribution >= 0.6 is 15.9 Å². The number of hydrogen-bond donors (Lipinski definition) is 1. The van der Waals surface area contributed by atoms with Gasteiger partial charge in [-0.15, -0.1) is 0 Å². The second-order valence-electron chi connectivity index (χ2n) is 6.18. The average molecular weight is 338 g/mol. The highest BCUT2D eigenvalue weighted by Crippen LogP contribution is 2.35.